The molecule has 1 fully saturated rings. The predicted molar refractivity (Wildman–Crippen MR) is 125 cm³/mol. The van der Waals surface area contributed by atoms with E-state index in [-0.39, 0.29) is 24.3 Å². The molecule has 0 amide bonds. The topological polar surface area (TPSA) is 96.5 Å². The number of nitrogens with one attached hydrogen (secondary N) is 1. The molecular weight excluding hydrogens is 414 g/mol. The van der Waals surface area contributed by atoms with Gasteiger partial charge in [-0.15, -0.1) is 12.4 Å². The molecular formula is C24H28ClN3O3. The minimum atomic E-state index is -0.304. The van der Waals surface area contributed by atoms with Gasteiger partial charge in [-0.3, -0.25) is 15.0 Å². The summed E-state index contributed by atoms with van der Waals surface area (Å²) < 4.78 is 5.61. The van der Waals surface area contributed by atoms with Crippen molar-refractivity contribution in [2.45, 2.75) is 25.7 Å². The summed E-state index contributed by atoms with van der Waals surface area (Å²) in [5.41, 5.74) is 7.48. The smallest absolute Gasteiger partial charge is 0.311 e. The molecule has 1 saturated heterocycles. The lowest BCUT2D eigenvalue weighted by molar-refractivity contribution is -0.134. The van der Waals surface area contributed by atoms with E-state index in [4.69, 9.17) is 15.9 Å². The number of hydrogen-bond donors (Lipinski definition) is 2. The molecule has 0 aromatic heterocycles. The molecule has 0 saturated carbocycles. The van der Waals surface area contributed by atoms with Crippen molar-refractivity contribution in [1.29, 1.82) is 5.41 Å². The van der Waals surface area contributed by atoms with Crippen molar-refractivity contribution in [3.63, 3.8) is 0 Å². The van der Waals surface area contributed by atoms with Crippen LogP contribution < -0.4 is 10.5 Å². The normalized spacial score (nSPS) is 14.5. The highest BCUT2D eigenvalue weighted by Crippen LogP contribution is 2.28. The molecule has 0 aliphatic carbocycles. The fraction of sp³-hybridized carbons (Fsp3) is 0.292. The first-order valence-electron chi connectivity index (χ1n) is 10.2. The van der Waals surface area contributed by atoms with Crippen LogP contribution in [-0.2, 0) is 9.59 Å². The maximum atomic E-state index is 12.5. The molecule has 0 bridgehead atoms. The highest BCUT2D eigenvalue weighted by Gasteiger charge is 2.21. The Hall–Kier alpha value is -3.12. The summed E-state index contributed by atoms with van der Waals surface area (Å²) in [6, 6.07) is 16.6. The number of esters is 1. The summed E-state index contributed by atoms with van der Waals surface area (Å²) >= 11 is 0. The lowest BCUT2D eigenvalue weighted by Crippen LogP contribution is -2.42. The summed E-state index contributed by atoms with van der Waals surface area (Å²) in [7, 11) is 0. The predicted octanol–water partition coefficient (Wildman–Crippen LogP) is 4.14. The molecule has 0 unspecified atom stereocenters. The second-order valence-electron chi connectivity index (χ2n) is 7.45. The van der Waals surface area contributed by atoms with E-state index in [1.807, 2.05) is 41.3 Å². The first-order chi connectivity index (χ1) is 14.6. The lowest BCUT2D eigenvalue weighted by atomic mass is 9.92. The molecule has 3 N–H and O–H groups in total. The second-order valence-corrected chi connectivity index (χ2v) is 7.45. The lowest BCUT2D eigenvalue weighted by Gasteiger charge is -2.31. The average Bonchev–Trinajstić information content (AvgIpc) is 2.77. The SMILES string of the molecule is Cl.N=C(N)N1CCC(CCC(=O)Oc2ccccc2C(C=O)=Cc2ccccc2)CC1. The van der Waals surface area contributed by atoms with Crippen molar-refractivity contribution in [3.8, 4) is 5.75 Å². The Balaban J connectivity index is 0.00000341. The first-order valence-corrected chi connectivity index (χ1v) is 10.2. The van der Waals surface area contributed by atoms with E-state index in [1.165, 1.54) is 0 Å². The highest BCUT2D eigenvalue weighted by atomic mass is 35.5. The van der Waals surface area contributed by atoms with Crippen LogP contribution in [0.2, 0.25) is 0 Å². The minimum Gasteiger partial charge on any atom is -0.426 e. The van der Waals surface area contributed by atoms with Crippen LogP contribution in [-0.4, -0.2) is 36.2 Å². The van der Waals surface area contributed by atoms with Gasteiger partial charge < -0.3 is 15.4 Å². The third kappa shape index (κ3) is 6.96. The van der Waals surface area contributed by atoms with Crippen molar-refractivity contribution in [2.75, 3.05) is 13.1 Å². The van der Waals surface area contributed by atoms with Crippen LogP contribution in [0.4, 0.5) is 0 Å². The van der Waals surface area contributed by atoms with Gasteiger partial charge >= 0.3 is 5.97 Å². The Kier molecular flexibility index (Phi) is 9.28. The summed E-state index contributed by atoms with van der Waals surface area (Å²) in [5.74, 6) is 0.621. The molecule has 2 aromatic carbocycles. The maximum Gasteiger partial charge on any atom is 0.311 e. The van der Waals surface area contributed by atoms with Crippen LogP contribution in [0, 0.1) is 11.3 Å². The fourth-order valence-electron chi connectivity index (χ4n) is 3.66. The second kappa shape index (κ2) is 11.9. The Morgan fingerprint density at radius 3 is 2.39 bits per heavy atom. The number of benzene rings is 2. The molecule has 1 aliphatic heterocycles. The number of nitrogens with two attached hydrogens (primary N) is 1. The monoisotopic (exact) mass is 441 g/mol. The van der Waals surface area contributed by atoms with E-state index in [9.17, 15) is 9.59 Å². The van der Waals surface area contributed by atoms with Crippen LogP contribution in [0.25, 0.3) is 11.6 Å². The molecule has 3 rings (SSSR count). The number of para-hydroxylation sites is 1. The van der Waals surface area contributed by atoms with E-state index in [0.717, 1.165) is 44.2 Å². The first kappa shape index (κ1) is 24.2. The Labute approximate surface area is 189 Å². The zero-order valence-corrected chi connectivity index (χ0v) is 18.1. The fourth-order valence-corrected chi connectivity index (χ4v) is 3.66. The van der Waals surface area contributed by atoms with Crippen molar-refractivity contribution in [2.24, 2.45) is 11.7 Å². The van der Waals surface area contributed by atoms with E-state index >= 15 is 0 Å². The van der Waals surface area contributed by atoms with E-state index < -0.39 is 0 Å². The summed E-state index contributed by atoms with van der Waals surface area (Å²) in [5, 5.41) is 7.49. The van der Waals surface area contributed by atoms with Crippen LogP contribution in [0.5, 0.6) is 5.75 Å². The number of allylic oxidation sites excluding steroid dienone is 1. The van der Waals surface area contributed by atoms with Gasteiger partial charge in [-0.05, 0) is 42.9 Å². The van der Waals surface area contributed by atoms with Gasteiger partial charge in [-0.2, -0.15) is 0 Å². The molecule has 7 heteroatoms. The third-order valence-electron chi connectivity index (χ3n) is 5.38. The molecule has 0 atom stereocenters. The van der Waals surface area contributed by atoms with Crippen LogP contribution in [0.1, 0.15) is 36.8 Å². The number of nitrogens with zero attached hydrogens (tertiary/aromatic N) is 1. The van der Waals surface area contributed by atoms with Gasteiger partial charge in [-0.25, -0.2) is 0 Å². The third-order valence-corrected chi connectivity index (χ3v) is 5.38. The maximum absolute atomic E-state index is 12.5. The average molecular weight is 442 g/mol. The molecule has 164 valence electrons. The molecule has 1 heterocycles. The number of carbonyl (C=O) groups is 2. The van der Waals surface area contributed by atoms with Crippen LogP contribution in [0.3, 0.4) is 0 Å². The summed E-state index contributed by atoms with van der Waals surface area (Å²) in [6.45, 7) is 1.51. The summed E-state index contributed by atoms with van der Waals surface area (Å²) in [4.78, 5) is 26.0. The Morgan fingerprint density at radius 1 is 1.10 bits per heavy atom. The van der Waals surface area contributed by atoms with Gasteiger partial charge in [0, 0.05) is 30.6 Å². The number of piperidine rings is 1. The Bertz CT molecular complexity index is 923. The molecule has 2 aromatic rings. The van der Waals surface area contributed by atoms with Crippen molar-refractivity contribution in [3.05, 3.63) is 65.7 Å². The van der Waals surface area contributed by atoms with Crippen molar-refractivity contribution >= 4 is 42.3 Å². The Morgan fingerprint density at radius 2 is 1.74 bits per heavy atom. The van der Waals surface area contributed by atoms with Gasteiger partial charge in [-0.1, -0.05) is 48.5 Å². The number of aldehydes is 1. The zero-order chi connectivity index (χ0) is 21.3. The number of rotatable bonds is 7. The molecule has 0 spiro atoms. The number of guanidine groups is 1. The molecule has 1 aliphatic rings. The van der Waals surface area contributed by atoms with Gasteiger partial charge in [0.05, 0.1) is 0 Å². The van der Waals surface area contributed by atoms with E-state index in [2.05, 4.69) is 0 Å². The number of ether oxygens (including phenoxy) is 1. The van der Waals surface area contributed by atoms with Gasteiger partial charge in [0.25, 0.3) is 0 Å². The van der Waals surface area contributed by atoms with Crippen molar-refractivity contribution < 1.29 is 14.3 Å². The van der Waals surface area contributed by atoms with Gasteiger partial charge in [0.15, 0.2) is 12.2 Å². The number of carbonyl (C=O) groups excluding carboxylic acids is 2. The van der Waals surface area contributed by atoms with E-state index in [0.29, 0.717) is 29.2 Å². The summed E-state index contributed by atoms with van der Waals surface area (Å²) in [6.07, 6.45) is 5.45. The minimum absolute atomic E-state index is 0. The standard InChI is InChI=1S/C24H27N3O3.ClH/c25-24(26)27-14-12-18(13-15-27)10-11-23(29)30-22-9-5-4-8-21(22)20(17-28)16-19-6-2-1-3-7-19;/h1-9,16-18H,10-15H2,(H3,25,26);1H. The van der Waals surface area contributed by atoms with Gasteiger partial charge in [0.1, 0.15) is 5.75 Å². The highest BCUT2D eigenvalue weighted by molar-refractivity contribution is 6.14. The quantitative estimate of drug-likeness (QED) is 0.128. The number of likely N-dealkylation sites (tertiary alicyclic amines) is 1. The molecule has 6 nitrogen and oxygen atoms in total. The largest absolute Gasteiger partial charge is 0.426 e. The van der Waals surface area contributed by atoms with E-state index in [1.54, 1.807) is 24.3 Å². The van der Waals surface area contributed by atoms with Crippen molar-refractivity contribution in [1.82, 2.24) is 4.90 Å². The van der Waals surface area contributed by atoms with Gasteiger partial charge in [0.2, 0.25) is 0 Å². The number of halogens is 1. The zero-order valence-electron chi connectivity index (χ0n) is 17.3. The molecule has 0 radical (unpaired) electrons. The van der Waals surface area contributed by atoms with Crippen LogP contribution in [0.15, 0.2) is 54.6 Å². The van der Waals surface area contributed by atoms with Crippen LogP contribution >= 0.6 is 12.4 Å². The number of hydrogen-bond acceptors (Lipinski definition) is 4. The molecule has 31 heavy (non-hydrogen) atoms.